The molecule has 0 amide bonds. The van der Waals surface area contributed by atoms with E-state index in [-0.39, 0.29) is 28.4 Å². The first-order valence-corrected chi connectivity index (χ1v) is 6.14. The molecular formula is C14H10F3N3O3. The summed E-state index contributed by atoms with van der Waals surface area (Å²) in [6, 6.07) is 3.09. The van der Waals surface area contributed by atoms with Crippen molar-refractivity contribution in [1.29, 1.82) is 0 Å². The molecule has 0 saturated heterocycles. The highest BCUT2D eigenvalue weighted by molar-refractivity contribution is 5.90. The molecule has 0 spiro atoms. The Bertz CT molecular complexity index is 749. The number of nitrogens with two attached hydrogens (primary N) is 1. The second kappa shape index (κ2) is 6.77. The van der Waals surface area contributed by atoms with Crippen LogP contribution in [-0.2, 0) is 0 Å². The number of ether oxygens (including phenoxy) is 1. The Balaban J connectivity index is 2.45. The van der Waals surface area contributed by atoms with Gasteiger partial charge in [0.1, 0.15) is 17.3 Å². The zero-order chi connectivity index (χ0) is 17.0. The fourth-order valence-corrected chi connectivity index (χ4v) is 1.67. The maximum Gasteiger partial charge on any atom is 0.387 e. The van der Waals surface area contributed by atoms with Crippen molar-refractivity contribution < 1.29 is 27.8 Å². The highest BCUT2D eigenvalue weighted by Gasteiger charge is 2.13. The van der Waals surface area contributed by atoms with Crippen molar-refractivity contribution in [2.45, 2.75) is 6.61 Å². The molecular weight excluding hydrogens is 315 g/mol. The summed E-state index contributed by atoms with van der Waals surface area (Å²) in [7, 11) is 0. The summed E-state index contributed by atoms with van der Waals surface area (Å²) < 4.78 is 43.1. The number of hydrogen-bond donors (Lipinski definition) is 2. The van der Waals surface area contributed by atoms with Gasteiger partial charge in [-0.15, -0.1) is 0 Å². The quantitative estimate of drug-likeness (QED) is 0.877. The topological polar surface area (TPSA) is 98.3 Å². The van der Waals surface area contributed by atoms with E-state index in [4.69, 9.17) is 10.8 Å². The molecule has 0 radical (unpaired) electrons. The number of nitrogens with zero attached hydrogens (tertiary/aromatic N) is 2. The number of carbonyl (C=O) groups is 1. The molecule has 0 unspecified atom stereocenters. The Morgan fingerprint density at radius 3 is 2.61 bits per heavy atom. The number of carboxylic acid groups (broad SMARTS) is 1. The van der Waals surface area contributed by atoms with Gasteiger partial charge in [0, 0.05) is 5.56 Å². The van der Waals surface area contributed by atoms with E-state index in [0.29, 0.717) is 0 Å². The summed E-state index contributed by atoms with van der Waals surface area (Å²) in [5.74, 6) is -2.50. The summed E-state index contributed by atoms with van der Waals surface area (Å²) in [5.41, 5.74) is 4.74. The van der Waals surface area contributed by atoms with E-state index in [1.54, 1.807) is 0 Å². The molecule has 3 N–H and O–H groups in total. The lowest BCUT2D eigenvalue weighted by Gasteiger charge is -2.09. The van der Waals surface area contributed by atoms with Gasteiger partial charge in [0.25, 0.3) is 0 Å². The number of rotatable bonds is 5. The smallest absolute Gasteiger partial charge is 0.387 e. The normalized spacial score (nSPS) is 11.6. The van der Waals surface area contributed by atoms with Gasteiger partial charge in [0.2, 0.25) is 0 Å². The van der Waals surface area contributed by atoms with Crippen LogP contribution in [0.4, 0.5) is 19.0 Å². The summed E-state index contributed by atoms with van der Waals surface area (Å²) in [4.78, 5) is 18.3. The van der Waals surface area contributed by atoms with Gasteiger partial charge in [-0.05, 0) is 24.3 Å². The highest BCUT2D eigenvalue weighted by Crippen LogP contribution is 2.27. The zero-order valence-electron chi connectivity index (χ0n) is 11.4. The number of aromatic nitrogens is 2. The average molecular weight is 325 g/mol. The molecule has 0 bridgehead atoms. The van der Waals surface area contributed by atoms with Gasteiger partial charge in [-0.3, -0.25) is 0 Å². The number of aromatic carboxylic acids is 1. The Morgan fingerprint density at radius 2 is 2.04 bits per heavy atom. The summed E-state index contributed by atoms with van der Waals surface area (Å²) in [6.07, 6.45) is 2.99. The molecule has 0 aliphatic rings. The van der Waals surface area contributed by atoms with Crippen molar-refractivity contribution in [3.8, 4) is 5.75 Å². The van der Waals surface area contributed by atoms with Gasteiger partial charge in [0.15, 0.2) is 5.83 Å². The van der Waals surface area contributed by atoms with Gasteiger partial charge in [-0.1, -0.05) is 0 Å². The van der Waals surface area contributed by atoms with Crippen molar-refractivity contribution in [1.82, 2.24) is 9.97 Å². The van der Waals surface area contributed by atoms with Crippen molar-refractivity contribution in [3.63, 3.8) is 0 Å². The van der Waals surface area contributed by atoms with E-state index in [1.165, 1.54) is 0 Å². The third kappa shape index (κ3) is 4.19. The van der Waals surface area contributed by atoms with Crippen molar-refractivity contribution in [3.05, 3.63) is 47.4 Å². The molecule has 23 heavy (non-hydrogen) atoms. The Hall–Kier alpha value is -3.10. The molecule has 1 aromatic heterocycles. The first kappa shape index (κ1) is 16.3. The van der Waals surface area contributed by atoms with E-state index in [0.717, 1.165) is 36.7 Å². The zero-order valence-corrected chi connectivity index (χ0v) is 11.4. The van der Waals surface area contributed by atoms with Crippen LogP contribution in [0.5, 0.6) is 5.75 Å². The van der Waals surface area contributed by atoms with Gasteiger partial charge in [0.05, 0.1) is 18.0 Å². The molecule has 2 aromatic rings. The van der Waals surface area contributed by atoms with Crippen LogP contribution in [0.25, 0.3) is 11.9 Å². The lowest BCUT2D eigenvalue weighted by atomic mass is 10.1. The third-order valence-corrected chi connectivity index (χ3v) is 2.67. The Kier molecular flexibility index (Phi) is 4.79. The largest absolute Gasteiger partial charge is 0.478 e. The molecule has 0 aliphatic heterocycles. The monoisotopic (exact) mass is 325 g/mol. The van der Waals surface area contributed by atoms with Crippen LogP contribution in [0.2, 0.25) is 0 Å². The van der Waals surface area contributed by atoms with Crippen LogP contribution in [0.1, 0.15) is 21.6 Å². The number of halogens is 3. The number of carboxylic acids is 1. The van der Waals surface area contributed by atoms with Crippen LogP contribution in [0.3, 0.4) is 0 Å². The summed E-state index contributed by atoms with van der Waals surface area (Å²) in [6.45, 7) is -3.14. The summed E-state index contributed by atoms with van der Waals surface area (Å²) in [5, 5.41) is 8.92. The molecule has 0 atom stereocenters. The predicted octanol–water partition coefficient (Wildman–Crippen LogP) is 2.83. The van der Waals surface area contributed by atoms with E-state index >= 15 is 0 Å². The molecule has 1 aromatic carbocycles. The molecule has 1 heterocycles. The van der Waals surface area contributed by atoms with E-state index in [9.17, 15) is 18.0 Å². The first-order chi connectivity index (χ1) is 10.9. The molecule has 120 valence electrons. The maximum absolute atomic E-state index is 14.1. The minimum Gasteiger partial charge on any atom is -0.478 e. The third-order valence-electron chi connectivity index (χ3n) is 2.67. The SMILES string of the molecule is Nc1cnc(/C(F)=C/c2cc(C(=O)O)ccc2OC(F)F)cn1. The molecule has 0 saturated carbocycles. The van der Waals surface area contributed by atoms with Crippen molar-refractivity contribution in [2.75, 3.05) is 5.73 Å². The van der Waals surface area contributed by atoms with Crippen LogP contribution >= 0.6 is 0 Å². The lowest BCUT2D eigenvalue weighted by molar-refractivity contribution is -0.0499. The second-order valence-electron chi connectivity index (χ2n) is 4.26. The number of hydrogen-bond acceptors (Lipinski definition) is 5. The van der Waals surface area contributed by atoms with E-state index in [2.05, 4.69) is 14.7 Å². The highest BCUT2D eigenvalue weighted by atomic mass is 19.3. The number of anilines is 1. The van der Waals surface area contributed by atoms with Crippen LogP contribution in [0, 0.1) is 0 Å². The molecule has 9 heteroatoms. The first-order valence-electron chi connectivity index (χ1n) is 6.14. The number of nitrogen functional groups attached to an aromatic ring is 1. The maximum atomic E-state index is 14.1. The second-order valence-corrected chi connectivity index (χ2v) is 4.26. The molecule has 0 fully saturated rings. The average Bonchev–Trinajstić information content (AvgIpc) is 2.49. The van der Waals surface area contributed by atoms with Gasteiger partial charge < -0.3 is 15.6 Å². The fraction of sp³-hybridized carbons (Fsp3) is 0.0714. The van der Waals surface area contributed by atoms with Crippen molar-refractivity contribution >= 4 is 23.7 Å². The number of benzene rings is 1. The Labute approximate surface area is 128 Å². The predicted molar refractivity (Wildman–Crippen MR) is 75.5 cm³/mol. The van der Waals surface area contributed by atoms with Crippen LogP contribution < -0.4 is 10.5 Å². The fourth-order valence-electron chi connectivity index (χ4n) is 1.67. The number of alkyl halides is 2. The van der Waals surface area contributed by atoms with Crippen LogP contribution in [-0.4, -0.2) is 27.7 Å². The van der Waals surface area contributed by atoms with E-state index in [1.807, 2.05) is 0 Å². The molecule has 0 aliphatic carbocycles. The lowest BCUT2D eigenvalue weighted by Crippen LogP contribution is -2.05. The summed E-state index contributed by atoms with van der Waals surface area (Å²) >= 11 is 0. The van der Waals surface area contributed by atoms with E-state index < -0.39 is 18.4 Å². The molecule has 6 nitrogen and oxygen atoms in total. The van der Waals surface area contributed by atoms with Crippen LogP contribution in [0.15, 0.2) is 30.6 Å². The Morgan fingerprint density at radius 1 is 1.30 bits per heavy atom. The van der Waals surface area contributed by atoms with Gasteiger partial charge in [-0.25, -0.2) is 19.2 Å². The standard InChI is InChI=1S/C14H10F3N3O3/c15-9(10-5-20-12(18)6-19-10)4-8-3-7(13(21)22)1-2-11(8)23-14(16)17/h1-6,14H,(H2,18,20)(H,21,22)/b9-4-. The van der Waals surface area contributed by atoms with Crippen molar-refractivity contribution in [2.24, 2.45) is 0 Å². The molecule has 2 rings (SSSR count). The van der Waals surface area contributed by atoms with Gasteiger partial charge in [-0.2, -0.15) is 8.78 Å². The minimum atomic E-state index is -3.14. The minimum absolute atomic E-state index is 0.0798. The van der Waals surface area contributed by atoms with Gasteiger partial charge >= 0.3 is 12.6 Å².